The van der Waals surface area contributed by atoms with Crippen LogP contribution in [0.25, 0.3) is 22.6 Å². The lowest BCUT2D eigenvalue weighted by molar-refractivity contribution is 1.10. The molecular formula is C15H14N4. The predicted octanol–water partition coefficient (Wildman–Crippen LogP) is 3.10. The number of nitrogens with one attached hydrogen (secondary N) is 1. The molecule has 3 rings (SSSR count). The maximum absolute atomic E-state index is 4.34. The number of pyridine rings is 2. The largest absolute Gasteiger partial charge is 0.343 e. The van der Waals surface area contributed by atoms with Crippen LogP contribution in [-0.4, -0.2) is 19.9 Å². The molecule has 94 valence electrons. The fraction of sp³-hybridized carbons (Fsp3) is 0.133. The molecule has 0 aromatic carbocycles. The summed E-state index contributed by atoms with van der Waals surface area (Å²) in [7, 11) is 0. The minimum Gasteiger partial charge on any atom is -0.343 e. The van der Waals surface area contributed by atoms with E-state index in [2.05, 4.69) is 32.9 Å². The average molecular weight is 250 g/mol. The van der Waals surface area contributed by atoms with Gasteiger partial charge in [0.15, 0.2) is 5.82 Å². The third-order valence-electron chi connectivity index (χ3n) is 3.04. The van der Waals surface area contributed by atoms with Crippen LogP contribution < -0.4 is 0 Å². The summed E-state index contributed by atoms with van der Waals surface area (Å²) >= 11 is 0. The molecule has 0 saturated heterocycles. The van der Waals surface area contributed by atoms with Crippen molar-refractivity contribution < 1.29 is 0 Å². The SMILES string of the molecule is CCc1cncc(-c2ccnc(-c3ncc[nH]3)c2)c1. The number of hydrogen-bond donors (Lipinski definition) is 1. The molecule has 0 unspecified atom stereocenters. The number of aromatic amines is 1. The molecule has 0 saturated carbocycles. The molecule has 0 amide bonds. The van der Waals surface area contributed by atoms with Crippen molar-refractivity contribution in [1.29, 1.82) is 0 Å². The fourth-order valence-electron chi connectivity index (χ4n) is 1.98. The highest BCUT2D eigenvalue weighted by molar-refractivity contribution is 5.67. The van der Waals surface area contributed by atoms with Gasteiger partial charge in [0.05, 0.1) is 0 Å². The van der Waals surface area contributed by atoms with Crippen molar-refractivity contribution in [1.82, 2.24) is 19.9 Å². The highest BCUT2D eigenvalue weighted by Gasteiger charge is 2.05. The second-order valence-electron chi connectivity index (χ2n) is 4.30. The maximum Gasteiger partial charge on any atom is 0.155 e. The molecule has 4 heteroatoms. The lowest BCUT2D eigenvalue weighted by Gasteiger charge is -2.04. The summed E-state index contributed by atoms with van der Waals surface area (Å²) in [5.74, 6) is 0.779. The second-order valence-corrected chi connectivity index (χ2v) is 4.30. The van der Waals surface area contributed by atoms with Crippen LogP contribution in [0.3, 0.4) is 0 Å². The average Bonchev–Trinajstić information content (AvgIpc) is 3.02. The van der Waals surface area contributed by atoms with E-state index in [0.717, 1.165) is 29.1 Å². The van der Waals surface area contributed by atoms with Crippen LogP contribution in [0.4, 0.5) is 0 Å². The molecule has 19 heavy (non-hydrogen) atoms. The summed E-state index contributed by atoms with van der Waals surface area (Å²) in [5, 5.41) is 0. The Morgan fingerprint density at radius 3 is 2.79 bits per heavy atom. The molecule has 1 N–H and O–H groups in total. The van der Waals surface area contributed by atoms with Gasteiger partial charge in [-0.3, -0.25) is 9.97 Å². The first kappa shape index (κ1) is 11.6. The first-order valence-corrected chi connectivity index (χ1v) is 6.27. The van der Waals surface area contributed by atoms with Crippen molar-refractivity contribution in [2.75, 3.05) is 0 Å². The van der Waals surface area contributed by atoms with E-state index in [1.165, 1.54) is 5.56 Å². The van der Waals surface area contributed by atoms with Crippen molar-refractivity contribution >= 4 is 0 Å². The molecule has 0 aliphatic heterocycles. The van der Waals surface area contributed by atoms with Gasteiger partial charge in [-0.25, -0.2) is 4.98 Å². The van der Waals surface area contributed by atoms with Crippen LogP contribution in [0, 0.1) is 0 Å². The van der Waals surface area contributed by atoms with Crippen molar-refractivity contribution in [3.63, 3.8) is 0 Å². The zero-order valence-electron chi connectivity index (χ0n) is 10.7. The summed E-state index contributed by atoms with van der Waals surface area (Å²) in [6.07, 6.45) is 10.1. The Labute approximate surface area is 111 Å². The smallest absolute Gasteiger partial charge is 0.155 e. The number of hydrogen-bond acceptors (Lipinski definition) is 3. The van der Waals surface area contributed by atoms with Crippen molar-refractivity contribution in [2.45, 2.75) is 13.3 Å². The van der Waals surface area contributed by atoms with Gasteiger partial charge in [0.25, 0.3) is 0 Å². The molecule has 0 radical (unpaired) electrons. The van der Waals surface area contributed by atoms with E-state index in [-0.39, 0.29) is 0 Å². The van der Waals surface area contributed by atoms with Gasteiger partial charge in [0.1, 0.15) is 5.69 Å². The Balaban J connectivity index is 2.03. The van der Waals surface area contributed by atoms with E-state index in [1.54, 1.807) is 18.6 Å². The van der Waals surface area contributed by atoms with E-state index in [0.29, 0.717) is 0 Å². The first-order valence-electron chi connectivity index (χ1n) is 6.27. The van der Waals surface area contributed by atoms with Gasteiger partial charge in [-0.05, 0) is 35.7 Å². The minimum absolute atomic E-state index is 0.779. The summed E-state index contributed by atoms with van der Waals surface area (Å²) in [6, 6.07) is 6.17. The summed E-state index contributed by atoms with van der Waals surface area (Å²) in [4.78, 5) is 15.9. The molecule has 0 spiro atoms. The van der Waals surface area contributed by atoms with Gasteiger partial charge < -0.3 is 4.98 Å². The number of H-pyrrole nitrogens is 1. The first-order chi connectivity index (χ1) is 9.36. The summed E-state index contributed by atoms with van der Waals surface area (Å²) in [5.41, 5.74) is 4.28. The molecule has 3 heterocycles. The molecule has 0 bridgehead atoms. The van der Waals surface area contributed by atoms with E-state index < -0.39 is 0 Å². The lowest BCUT2D eigenvalue weighted by atomic mass is 10.1. The standard InChI is InChI=1S/C15H14N4/c1-2-11-7-13(10-16-9-11)12-3-4-17-14(8-12)15-18-5-6-19-15/h3-10H,2H2,1H3,(H,18,19). The van der Waals surface area contributed by atoms with E-state index in [4.69, 9.17) is 0 Å². The third kappa shape index (κ3) is 2.38. The second kappa shape index (κ2) is 5.02. The van der Waals surface area contributed by atoms with Gasteiger partial charge in [0.2, 0.25) is 0 Å². The monoisotopic (exact) mass is 250 g/mol. The topological polar surface area (TPSA) is 54.5 Å². The Hall–Kier alpha value is -2.49. The van der Waals surface area contributed by atoms with Gasteiger partial charge in [-0.1, -0.05) is 6.92 Å². The van der Waals surface area contributed by atoms with Gasteiger partial charge in [-0.15, -0.1) is 0 Å². The van der Waals surface area contributed by atoms with E-state index in [9.17, 15) is 0 Å². The van der Waals surface area contributed by atoms with Crippen LogP contribution in [0.1, 0.15) is 12.5 Å². The number of aryl methyl sites for hydroxylation is 1. The number of rotatable bonds is 3. The molecule has 0 atom stereocenters. The lowest BCUT2D eigenvalue weighted by Crippen LogP contribution is -1.89. The predicted molar refractivity (Wildman–Crippen MR) is 74.4 cm³/mol. The molecule has 3 aromatic rings. The summed E-state index contributed by atoms with van der Waals surface area (Å²) < 4.78 is 0. The maximum atomic E-state index is 4.34. The molecule has 4 nitrogen and oxygen atoms in total. The van der Waals surface area contributed by atoms with Crippen molar-refractivity contribution in [3.05, 3.63) is 54.7 Å². The van der Waals surface area contributed by atoms with E-state index in [1.807, 2.05) is 24.5 Å². The van der Waals surface area contributed by atoms with Gasteiger partial charge >= 0.3 is 0 Å². The van der Waals surface area contributed by atoms with Crippen LogP contribution in [0.2, 0.25) is 0 Å². The number of imidazole rings is 1. The Morgan fingerprint density at radius 1 is 1.05 bits per heavy atom. The molecule has 0 fully saturated rings. The zero-order chi connectivity index (χ0) is 13.1. The van der Waals surface area contributed by atoms with Crippen LogP contribution >= 0.6 is 0 Å². The Bertz CT molecular complexity index is 674. The molecular weight excluding hydrogens is 236 g/mol. The van der Waals surface area contributed by atoms with E-state index >= 15 is 0 Å². The third-order valence-corrected chi connectivity index (χ3v) is 3.04. The number of nitrogens with zero attached hydrogens (tertiary/aromatic N) is 3. The van der Waals surface area contributed by atoms with Crippen LogP contribution in [-0.2, 0) is 6.42 Å². The molecule has 3 aromatic heterocycles. The quantitative estimate of drug-likeness (QED) is 0.777. The van der Waals surface area contributed by atoms with Crippen molar-refractivity contribution in [2.24, 2.45) is 0 Å². The Morgan fingerprint density at radius 2 is 2.00 bits per heavy atom. The zero-order valence-corrected chi connectivity index (χ0v) is 10.7. The fourth-order valence-corrected chi connectivity index (χ4v) is 1.98. The molecule has 0 aliphatic rings. The highest BCUT2D eigenvalue weighted by atomic mass is 14.9. The molecule has 0 aliphatic carbocycles. The highest BCUT2D eigenvalue weighted by Crippen LogP contribution is 2.22. The number of aromatic nitrogens is 4. The van der Waals surface area contributed by atoms with Crippen molar-refractivity contribution in [3.8, 4) is 22.6 Å². The minimum atomic E-state index is 0.779. The van der Waals surface area contributed by atoms with Crippen LogP contribution in [0.5, 0.6) is 0 Å². The van der Waals surface area contributed by atoms with Gasteiger partial charge in [0, 0.05) is 36.5 Å². The van der Waals surface area contributed by atoms with Gasteiger partial charge in [-0.2, -0.15) is 0 Å². The summed E-state index contributed by atoms with van der Waals surface area (Å²) in [6.45, 7) is 2.13. The van der Waals surface area contributed by atoms with Crippen LogP contribution in [0.15, 0.2) is 49.2 Å². The Kier molecular flexibility index (Phi) is 3.06. The normalized spacial score (nSPS) is 10.6.